The molecule has 0 aliphatic carbocycles. The molecule has 1 aromatic rings. The quantitative estimate of drug-likeness (QED) is 0.568. The third kappa shape index (κ3) is 3.32. The number of rotatable bonds is 2. The molecule has 0 aliphatic heterocycles. The van der Waals surface area contributed by atoms with Crippen LogP contribution in [0.5, 0.6) is 0 Å². The van der Waals surface area contributed by atoms with Crippen molar-refractivity contribution in [2.45, 2.75) is 44.3 Å². The monoisotopic (exact) mass is 316 g/mol. The molecule has 0 radical (unpaired) electrons. The highest BCUT2D eigenvalue weighted by Gasteiger charge is 2.21. The highest BCUT2D eigenvalue weighted by molar-refractivity contribution is 9.10. The maximum Gasteiger partial charge on any atom is 0.191 e. The number of halogens is 2. The van der Waals surface area contributed by atoms with Crippen molar-refractivity contribution in [3.8, 4) is 0 Å². The summed E-state index contributed by atoms with van der Waals surface area (Å²) in [7, 11) is 0. The molecule has 17 heavy (non-hydrogen) atoms. The smallest absolute Gasteiger partial charge is 0.191 e. The van der Waals surface area contributed by atoms with Gasteiger partial charge in [0.2, 0.25) is 0 Å². The molecule has 1 unspecified atom stereocenters. The molecule has 0 aromatic heterocycles. The average molecular weight is 318 g/mol. The van der Waals surface area contributed by atoms with Gasteiger partial charge in [-0.1, -0.05) is 48.8 Å². The number of hydrogen-bond donors (Lipinski definition) is 0. The number of benzene rings is 1. The van der Waals surface area contributed by atoms with Gasteiger partial charge in [-0.15, -0.1) is 11.6 Å². The molecule has 94 valence electrons. The van der Waals surface area contributed by atoms with Crippen LogP contribution in [0.3, 0.4) is 0 Å². The van der Waals surface area contributed by atoms with E-state index < -0.39 is 4.29 Å². The second-order valence-electron chi connectivity index (χ2n) is 5.40. The van der Waals surface area contributed by atoms with Crippen molar-refractivity contribution in [3.05, 3.63) is 34.4 Å². The summed E-state index contributed by atoms with van der Waals surface area (Å²) >= 11 is 8.92. The predicted molar refractivity (Wildman–Crippen MR) is 77.5 cm³/mol. The first kappa shape index (κ1) is 14.7. The Morgan fingerprint density at radius 1 is 1.24 bits per heavy atom. The van der Waals surface area contributed by atoms with E-state index in [9.17, 15) is 4.79 Å². The summed E-state index contributed by atoms with van der Waals surface area (Å²) in [4.78, 5) is 12.0. The predicted octanol–water partition coefficient (Wildman–Crippen LogP) is 4.74. The Balaban J connectivity index is 3.35. The second kappa shape index (κ2) is 5.11. The van der Waals surface area contributed by atoms with Crippen LogP contribution in [0, 0.1) is 13.8 Å². The summed E-state index contributed by atoms with van der Waals surface area (Å²) in [6.07, 6.45) is 0. The molecule has 0 saturated heterocycles. The minimum absolute atomic E-state index is 0.0675. The highest BCUT2D eigenvalue weighted by atomic mass is 79.9. The van der Waals surface area contributed by atoms with Gasteiger partial charge in [-0.3, -0.25) is 4.79 Å². The summed E-state index contributed by atoms with van der Waals surface area (Å²) in [5, 5.41) is 0. The molecular formula is C14H18BrClO. The van der Waals surface area contributed by atoms with Crippen LogP contribution in [0.4, 0.5) is 0 Å². The third-order valence-electron chi connectivity index (χ3n) is 2.84. The molecule has 1 nitrogen and oxygen atoms in total. The van der Waals surface area contributed by atoms with Gasteiger partial charge in [0.05, 0.1) is 0 Å². The van der Waals surface area contributed by atoms with Crippen molar-refractivity contribution < 1.29 is 4.79 Å². The molecule has 1 rings (SSSR count). The Morgan fingerprint density at radius 3 is 1.94 bits per heavy atom. The minimum Gasteiger partial charge on any atom is -0.291 e. The van der Waals surface area contributed by atoms with Crippen molar-refractivity contribution in [2.75, 3.05) is 0 Å². The lowest BCUT2D eigenvalue weighted by atomic mass is 9.83. The summed E-state index contributed by atoms with van der Waals surface area (Å²) in [6, 6.07) is 4.15. The van der Waals surface area contributed by atoms with E-state index in [1.165, 1.54) is 5.56 Å². The maximum absolute atomic E-state index is 12.0. The zero-order valence-corrected chi connectivity index (χ0v) is 13.2. The van der Waals surface area contributed by atoms with Gasteiger partial charge in [-0.25, -0.2) is 0 Å². The average Bonchev–Trinajstić information content (AvgIpc) is 2.14. The van der Waals surface area contributed by atoms with E-state index in [0.717, 1.165) is 16.7 Å². The highest BCUT2D eigenvalue weighted by Crippen LogP contribution is 2.28. The lowest BCUT2D eigenvalue weighted by Gasteiger charge is -2.22. The molecule has 1 aromatic carbocycles. The van der Waals surface area contributed by atoms with Gasteiger partial charge in [0.25, 0.3) is 0 Å². The van der Waals surface area contributed by atoms with E-state index in [-0.39, 0.29) is 11.2 Å². The lowest BCUT2D eigenvalue weighted by Crippen LogP contribution is -2.16. The van der Waals surface area contributed by atoms with Crippen LogP contribution in [0.25, 0.3) is 0 Å². The zero-order chi connectivity index (χ0) is 13.4. The van der Waals surface area contributed by atoms with Crippen molar-refractivity contribution in [1.82, 2.24) is 0 Å². The maximum atomic E-state index is 12.0. The van der Waals surface area contributed by atoms with Crippen LogP contribution in [0.2, 0.25) is 0 Å². The van der Waals surface area contributed by atoms with Crippen molar-refractivity contribution >= 4 is 33.3 Å². The van der Waals surface area contributed by atoms with Gasteiger partial charge in [-0.2, -0.15) is 0 Å². The normalized spacial score (nSPS) is 13.6. The van der Waals surface area contributed by atoms with Crippen molar-refractivity contribution in [2.24, 2.45) is 0 Å². The Kier molecular flexibility index (Phi) is 4.43. The first-order valence-electron chi connectivity index (χ1n) is 5.58. The van der Waals surface area contributed by atoms with E-state index in [4.69, 9.17) is 11.6 Å². The standard InChI is InChI=1S/C14H18BrClO/c1-8-6-10(14(3,4)5)7-9(2)11(8)12(17)13(15)16/h6-7,13H,1-5H3. The SMILES string of the molecule is Cc1cc(C(C)(C)C)cc(C)c1C(=O)C(Cl)Br. The van der Waals surface area contributed by atoms with E-state index in [0.29, 0.717) is 0 Å². The zero-order valence-electron chi connectivity index (χ0n) is 10.9. The number of Topliss-reactive ketones (excluding diaryl/α,β-unsaturated/α-hetero) is 1. The number of hydrogen-bond acceptors (Lipinski definition) is 1. The van der Waals surface area contributed by atoms with Crippen LogP contribution in [-0.4, -0.2) is 10.1 Å². The first-order chi connectivity index (χ1) is 7.64. The Morgan fingerprint density at radius 2 is 1.65 bits per heavy atom. The van der Waals surface area contributed by atoms with Crippen LogP contribution in [0.15, 0.2) is 12.1 Å². The molecule has 3 heteroatoms. The van der Waals surface area contributed by atoms with Crippen LogP contribution in [-0.2, 0) is 5.41 Å². The van der Waals surface area contributed by atoms with Crippen LogP contribution >= 0.6 is 27.5 Å². The van der Waals surface area contributed by atoms with Gasteiger partial charge in [-0.05, 0) is 36.0 Å². The first-order valence-corrected chi connectivity index (χ1v) is 6.94. The molecule has 0 N–H and O–H groups in total. The fraction of sp³-hybridized carbons (Fsp3) is 0.500. The molecule has 0 fully saturated rings. The molecular weight excluding hydrogens is 300 g/mol. The van der Waals surface area contributed by atoms with E-state index in [1.807, 2.05) is 13.8 Å². The Bertz CT molecular complexity index is 421. The molecule has 0 aliphatic rings. The minimum atomic E-state index is -0.652. The fourth-order valence-electron chi connectivity index (χ4n) is 1.89. The summed E-state index contributed by atoms with van der Waals surface area (Å²) in [6.45, 7) is 10.4. The number of aryl methyl sites for hydroxylation is 2. The van der Waals surface area contributed by atoms with E-state index >= 15 is 0 Å². The van der Waals surface area contributed by atoms with Crippen LogP contribution in [0.1, 0.15) is 47.8 Å². The summed E-state index contributed by atoms with van der Waals surface area (Å²) < 4.78 is -0.652. The number of carbonyl (C=O) groups excluding carboxylic acids is 1. The number of carbonyl (C=O) groups is 1. The van der Waals surface area contributed by atoms with Gasteiger partial charge in [0.1, 0.15) is 0 Å². The number of ketones is 1. The van der Waals surface area contributed by atoms with Crippen molar-refractivity contribution in [1.29, 1.82) is 0 Å². The van der Waals surface area contributed by atoms with E-state index in [1.54, 1.807) is 0 Å². The van der Waals surface area contributed by atoms with E-state index in [2.05, 4.69) is 48.8 Å². The largest absolute Gasteiger partial charge is 0.291 e. The number of alkyl halides is 2. The topological polar surface area (TPSA) is 17.1 Å². The Labute approximate surface area is 117 Å². The van der Waals surface area contributed by atoms with Crippen molar-refractivity contribution in [3.63, 3.8) is 0 Å². The third-order valence-corrected chi connectivity index (χ3v) is 3.46. The van der Waals surface area contributed by atoms with Gasteiger partial charge < -0.3 is 0 Å². The molecule has 0 amide bonds. The molecule has 0 saturated carbocycles. The molecule has 1 atom stereocenters. The summed E-state index contributed by atoms with van der Waals surface area (Å²) in [5.74, 6) is -0.0675. The van der Waals surface area contributed by atoms with Crippen LogP contribution < -0.4 is 0 Å². The molecule has 0 heterocycles. The molecule has 0 bridgehead atoms. The van der Waals surface area contributed by atoms with Gasteiger partial charge >= 0.3 is 0 Å². The lowest BCUT2D eigenvalue weighted by molar-refractivity contribution is 0.101. The fourth-order valence-corrected chi connectivity index (χ4v) is 2.23. The van der Waals surface area contributed by atoms with Gasteiger partial charge in [0.15, 0.2) is 10.1 Å². The summed E-state index contributed by atoms with van der Waals surface area (Å²) in [5.41, 5.74) is 4.04. The van der Waals surface area contributed by atoms with Gasteiger partial charge in [0, 0.05) is 5.56 Å². The molecule has 0 spiro atoms. The second-order valence-corrected chi connectivity index (χ2v) is 7.28. The Hall–Kier alpha value is -0.340.